The number of nitrogens with zero attached hydrogens (tertiary/aromatic N) is 2. The summed E-state index contributed by atoms with van der Waals surface area (Å²) >= 11 is 1.71. The summed E-state index contributed by atoms with van der Waals surface area (Å²) < 4.78 is 0. The van der Waals surface area contributed by atoms with Crippen molar-refractivity contribution < 1.29 is 0 Å². The zero-order valence-electron chi connectivity index (χ0n) is 19.5. The molecule has 0 aliphatic heterocycles. The minimum absolute atomic E-state index is 0.970. The second-order valence-corrected chi connectivity index (χ2v) is 9.15. The van der Waals surface area contributed by atoms with Crippen molar-refractivity contribution in [1.82, 2.24) is 0 Å². The van der Waals surface area contributed by atoms with E-state index in [0.29, 0.717) is 0 Å². The van der Waals surface area contributed by atoms with E-state index in [9.17, 15) is 0 Å². The molecule has 0 aliphatic carbocycles. The molecule has 0 bridgehead atoms. The first-order valence-electron chi connectivity index (χ1n) is 11.1. The third-order valence-corrected chi connectivity index (χ3v) is 6.73. The lowest BCUT2D eigenvalue weighted by atomic mass is 10.1. The largest absolute Gasteiger partial charge is 0.252 e. The van der Waals surface area contributed by atoms with Gasteiger partial charge in [0.15, 0.2) is 0 Å². The van der Waals surface area contributed by atoms with Crippen molar-refractivity contribution in [3.05, 3.63) is 119 Å². The molecule has 0 saturated heterocycles. The number of aryl methyl sites for hydroxylation is 2. The number of benzene rings is 4. The Balaban J connectivity index is 1.68. The van der Waals surface area contributed by atoms with E-state index in [-0.39, 0.29) is 0 Å². The highest BCUT2D eigenvalue weighted by Gasteiger charge is 2.10. The van der Waals surface area contributed by atoms with E-state index in [1.165, 1.54) is 22.3 Å². The molecule has 4 aromatic rings. The first-order valence-corrected chi connectivity index (χ1v) is 11.9. The van der Waals surface area contributed by atoms with E-state index in [1.54, 1.807) is 11.8 Å². The first-order chi connectivity index (χ1) is 16.0. The van der Waals surface area contributed by atoms with Crippen LogP contribution in [-0.4, -0.2) is 11.4 Å². The molecule has 0 saturated carbocycles. The fourth-order valence-corrected chi connectivity index (χ4v) is 4.80. The molecular formula is C30H28N2S. The lowest BCUT2D eigenvalue weighted by molar-refractivity contribution is 1.32. The lowest BCUT2D eigenvalue weighted by Gasteiger charge is -2.11. The van der Waals surface area contributed by atoms with Crippen LogP contribution in [0, 0.1) is 13.8 Å². The molecule has 0 spiro atoms. The summed E-state index contributed by atoms with van der Waals surface area (Å²) in [6.07, 6.45) is 0. The van der Waals surface area contributed by atoms with Crippen LogP contribution in [0.3, 0.4) is 0 Å². The predicted molar refractivity (Wildman–Crippen MR) is 143 cm³/mol. The molecule has 4 rings (SSSR count). The van der Waals surface area contributed by atoms with E-state index >= 15 is 0 Å². The summed E-state index contributed by atoms with van der Waals surface area (Å²) in [5.41, 5.74) is 8.79. The minimum atomic E-state index is 0.970. The van der Waals surface area contributed by atoms with Crippen molar-refractivity contribution >= 4 is 34.6 Å². The maximum absolute atomic E-state index is 5.00. The highest BCUT2D eigenvalue weighted by molar-refractivity contribution is 7.99. The van der Waals surface area contributed by atoms with E-state index < -0.39 is 0 Å². The molecule has 0 fully saturated rings. The van der Waals surface area contributed by atoms with Gasteiger partial charge in [0.1, 0.15) is 0 Å². The lowest BCUT2D eigenvalue weighted by Crippen LogP contribution is -1.97. The summed E-state index contributed by atoms with van der Waals surface area (Å²) in [5, 5.41) is 0. The van der Waals surface area contributed by atoms with Crippen molar-refractivity contribution in [1.29, 1.82) is 0 Å². The number of para-hydroxylation sites is 2. The molecule has 164 valence electrons. The summed E-state index contributed by atoms with van der Waals surface area (Å²) in [7, 11) is 0. The smallest absolute Gasteiger partial charge is 0.0772 e. The van der Waals surface area contributed by atoms with Crippen molar-refractivity contribution in [2.45, 2.75) is 37.5 Å². The second kappa shape index (κ2) is 10.5. The van der Waals surface area contributed by atoms with Gasteiger partial charge >= 0.3 is 0 Å². The fraction of sp³-hybridized carbons (Fsp3) is 0.133. The Morgan fingerprint density at radius 1 is 0.515 bits per heavy atom. The molecule has 0 atom stereocenters. The van der Waals surface area contributed by atoms with E-state index in [0.717, 1.165) is 32.6 Å². The maximum Gasteiger partial charge on any atom is 0.0772 e. The van der Waals surface area contributed by atoms with Crippen molar-refractivity contribution in [2.75, 3.05) is 0 Å². The topological polar surface area (TPSA) is 24.7 Å². The fourth-order valence-electron chi connectivity index (χ4n) is 3.83. The zero-order chi connectivity index (χ0) is 23.2. The number of rotatable bonds is 6. The van der Waals surface area contributed by atoms with Crippen LogP contribution < -0.4 is 0 Å². The van der Waals surface area contributed by atoms with Gasteiger partial charge in [0.2, 0.25) is 0 Å². The number of hydrogen-bond acceptors (Lipinski definition) is 3. The third-order valence-electron chi connectivity index (χ3n) is 5.60. The molecular weight excluding hydrogens is 420 g/mol. The Hall–Kier alpha value is -3.43. The molecule has 0 aliphatic rings. The normalized spacial score (nSPS) is 12.1. The van der Waals surface area contributed by atoms with Crippen LogP contribution in [-0.2, 0) is 0 Å². The summed E-state index contributed by atoms with van der Waals surface area (Å²) in [6, 6.07) is 33.4. The Kier molecular flexibility index (Phi) is 7.21. The summed E-state index contributed by atoms with van der Waals surface area (Å²) in [4.78, 5) is 12.2. The van der Waals surface area contributed by atoms with Gasteiger partial charge in [0.05, 0.1) is 11.4 Å². The van der Waals surface area contributed by atoms with Gasteiger partial charge in [-0.2, -0.15) is 0 Å². The second-order valence-electron chi connectivity index (χ2n) is 8.06. The quantitative estimate of drug-likeness (QED) is 0.271. The predicted octanol–water partition coefficient (Wildman–Crippen LogP) is 8.74. The molecule has 33 heavy (non-hydrogen) atoms. The van der Waals surface area contributed by atoms with E-state index in [4.69, 9.17) is 9.98 Å². The van der Waals surface area contributed by atoms with Gasteiger partial charge in [-0.15, -0.1) is 0 Å². The number of hydrogen-bond donors (Lipinski definition) is 0. The van der Waals surface area contributed by atoms with Crippen LogP contribution in [0.4, 0.5) is 11.4 Å². The highest BCUT2D eigenvalue weighted by atomic mass is 32.2. The Labute approximate surface area is 201 Å². The summed E-state index contributed by atoms with van der Waals surface area (Å²) in [6.45, 7) is 8.40. The molecule has 0 amide bonds. The van der Waals surface area contributed by atoms with Crippen molar-refractivity contribution in [2.24, 2.45) is 9.98 Å². The molecule has 2 nitrogen and oxygen atoms in total. The standard InChI is InChI=1S/C30H28N2S/c1-21-13-5-7-15-25(21)23(3)31-27-17-9-11-19-29(27)33-30-20-12-10-18-28(30)32-24(4)26-16-8-6-14-22(26)2/h5-20H,1-4H3. The van der Waals surface area contributed by atoms with Gasteiger partial charge < -0.3 is 0 Å². The molecule has 0 heterocycles. The van der Waals surface area contributed by atoms with Crippen molar-refractivity contribution in [3.8, 4) is 0 Å². The zero-order valence-corrected chi connectivity index (χ0v) is 20.4. The number of aliphatic imine (C=N–C) groups is 2. The highest BCUT2D eigenvalue weighted by Crippen LogP contribution is 2.40. The molecule has 0 aromatic heterocycles. The first kappa shape index (κ1) is 22.8. The SMILES string of the molecule is CC(=Nc1ccccc1Sc1ccccc1N=C(C)c1ccccc1C)c1ccccc1C. The molecule has 4 aromatic carbocycles. The monoisotopic (exact) mass is 448 g/mol. The molecule has 0 unspecified atom stereocenters. The Morgan fingerprint density at radius 2 is 0.879 bits per heavy atom. The van der Waals surface area contributed by atoms with E-state index in [2.05, 4.69) is 113 Å². The molecule has 0 N–H and O–H groups in total. The van der Waals surface area contributed by atoms with Gasteiger partial charge in [-0.05, 0) is 74.2 Å². The van der Waals surface area contributed by atoms with Crippen LogP contribution >= 0.6 is 11.8 Å². The maximum atomic E-state index is 5.00. The third kappa shape index (κ3) is 5.50. The van der Waals surface area contributed by atoms with Gasteiger partial charge in [-0.3, -0.25) is 9.98 Å². The Bertz CT molecular complexity index is 1230. The van der Waals surface area contributed by atoms with Crippen LogP contribution in [0.5, 0.6) is 0 Å². The summed E-state index contributed by atoms with van der Waals surface area (Å²) in [5.74, 6) is 0. The van der Waals surface area contributed by atoms with Crippen LogP contribution in [0.25, 0.3) is 0 Å². The van der Waals surface area contributed by atoms with Gasteiger partial charge in [0.25, 0.3) is 0 Å². The van der Waals surface area contributed by atoms with Crippen LogP contribution in [0.2, 0.25) is 0 Å². The van der Waals surface area contributed by atoms with Gasteiger partial charge in [0, 0.05) is 21.2 Å². The molecule has 0 radical (unpaired) electrons. The van der Waals surface area contributed by atoms with Crippen LogP contribution in [0.1, 0.15) is 36.1 Å². The van der Waals surface area contributed by atoms with Gasteiger partial charge in [-0.1, -0.05) is 84.6 Å². The van der Waals surface area contributed by atoms with Crippen LogP contribution in [0.15, 0.2) is 117 Å². The van der Waals surface area contributed by atoms with Gasteiger partial charge in [-0.25, -0.2) is 0 Å². The minimum Gasteiger partial charge on any atom is -0.252 e. The molecule has 3 heteroatoms. The average Bonchev–Trinajstić information content (AvgIpc) is 2.82. The van der Waals surface area contributed by atoms with Crippen molar-refractivity contribution in [3.63, 3.8) is 0 Å². The van der Waals surface area contributed by atoms with E-state index in [1.807, 2.05) is 12.1 Å². The average molecular weight is 449 g/mol. The Morgan fingerprint density at radius 3 is 1.30 bits per heavy atom.